The normalized spacial score (nSPS) is 21.3. The molecule has 0 aromatic rings. The summed E-state index contributed by atoms with van der Waals surface area (Å²) in [6.07, 6.45) is 4.52. The van der Waals surface area contributed by atoms with Crippen molar-refractivity contribution >= 4 is 17.9 Å². The topological polar surface area (TPSA) is 98.7 Å². The van der Waals surface area contributed by atoms with Crippen LogP contribution in [0.5, 0.6) is 0 Å². The van der Waals surface area contributed by atoms with Gasteiger partial charge in [-0.2, -0.15) is 0 Å². The third kappa shape index (κ3) is 5.54. The van der Waals surface area contributed by atoms with Crippen LogP contribution < -0.4 is 10.6 Å². The van der Waals surface area contributed by atoms with Crippen molar-refractivity contribution in [3.8, 4) is 0 Å². The minimum Gasteiger partial charge on any atom is -0.481 e. The van der Waals surface area contributed by atoms with Crippen LogP contribution in [0.25, 0.3) is 0 Å². The summed E-state index contributed by atoms with van der Waals surface area (Å²) in [5, 5.41) is 14.2. The van der Waals surface area contributed by atoms with Crippen molar-refractivity contribution < 1.29 is 19.5 Å². The van der Waals surface area contributed by atoms with Gasteiger partial charge in [0.05, 0.1) is 5.92 Å². The van der Waals surface area contributed by atoms with E-state index in [0.29, 0.717) is 32.0 Å². The Balaban J connectivity index is 1.68. The minimum atomic E-state index is -0.861. The number of nitrogens with zero attached hydrogens (tertiary/aromatic N) is 1. The van der Waals surface area contributed by atoms with Gasteiger partial charge in [-0.3, -0.25) is 9.59 Å². The zero-order valence-corrected chi connectivity index (χ0v) is 12.8. The second-order valence-corrected chi connectivity index (χ2v) is 6.20. The molecule has 7 nitrogen and oxygen atoms in total. The molecule has 3 N–H and O–H groups in total. The highest BCUT2D eigenvalue weighted by molar-refractivity contribution is 5.80. The van der Waals surface area contributed by atoms with Crippen LogP contribution in [0.1, 0.15) is 38.5 Å². The molecular weight excluding hydrogens is 286 g/mol. The first-order chi connectivity index (χ1) is 10.6. The number of urea groups is 1. The summed E-state index contributed by atoms with van der Waals surface area (Å²) in [6, 6.07) is -0.204. The molecular formula is C15H25N3O4. The van der Waals surface area contributed by atoms with Crippen LogP contribution >= 0.6 is 0 Å². The lowest BCUT2D eigenvalue weighted by molar-refractivity contribution is -0.137. The molecule has 2 rings (SSSR count). The van der Waals surface area contributed by atoms with Crippen molar-refractivity contribution in [1.82, 2.24) is 15.5 Å². The molecule has 3 amide bonds. The van der Waals surface area contributed by atoms with Gasteiger partial charge in [-0.25, -0.2) is 4.79 Å². The number of hydrogen-bond donors (Lipinski definition) is 3. The third-order valence-electron chi connectivity index (χ3n) is 4.18. The fourth-order valence-electron chi connectivity index (χ4n) is 2.63. The Morgan fingerprint density at radius 1 is 1.14 bits per heavy atom. The average molecular weight is 311 g/mol. The van der Waals surface area contributed by atoms with Gasteiger partial charge in [0.15, 0.2) is 0 Å². The molecule has 1 aliphatic carbocycles. The molecule has 1 atom stereocenters. The molecule has 7 heteroatoms. The van der Waals surface area contributed by atoms with Gasteiger partial charge in [0.25, 0.3) is 0 Å². The number of rotatable bonds is 7. The fourth-order valence-corrected chi connectivity index (χ4v) is 2.63. The molecule has 0 spiro atoms. The van der Waals surface area contributed by atoms with Crippen molar-refractivity contribution in [2.45, 2.75) is 38.5 Å². The van der Waals surface area contributed by atoms with Crippen LogP contribution in [0, 0.1) is 11.8 Å². The largest absolute Gasteiger partial charge is 0.481 e. The van der Waals surface area contributed by atoms with E-state index in [0.717, 1.165) is 19.4 Å². The van der Waals surface area contributed by atoms with Crippen molar-refractivity contribution in [2.24, 2.45) is 11.8 Å². The van der Waals surface area contributed by atoms with Gasteiger partial charge in [-0.05, 0) is 38.0 Å². The highest BCUT2D eigenvalue weighted by Crippen LogP contribution is 2.27. The summed E-state index contributed by atoms with van der Waals surface area (Å²) < 4.78 is 0. The smallest absolute Gasteiger partial charge is 0.317 e. The maximum Gasteiger partial charge on any atom is 0.317 e. The lowest BCUT2D eigenvalue weighted by Gasteiger charge is -2.32. The maximum absolute atomic E-state index is 12.1. The molecule has 2 aliphatic rings. The van der Waals surface area contributed by atoms with E-state index in [1.165, 1.54) is 12.8 Å². The van der Waals surface area contributed by atoms with Gasteiger partial charge < -0.3 is 20.6 Å². The Kier molecular flexibility index (Phi) is 6.03. The summed E-state index contributed by atoms with van der Waals surface area (Å²) in [4.78, 5) is 36.2. The number of carbonyl (C=O) groups is 3. The van der Waals surface area contributed by atoms with Crippen molar-refractivity contribution in [3.05, 3.63) is 0 Å². The van der Waals surface area contributed by atoms with E-state index < -0.39 is 5.97 Å². The van der Waals surface area contributed by atoms with Crippen LogP contribution in [0.4, 0.5) is 4.79 Å². The monoisotopic (exact) mass is 311 g/mol. The first-order valence-corrected chi connectivity index (χ1v) is 8.08. The lowest BCUT2D eigenvalue weighted by Crippen LogP contribution is -2.49. The molecule has 0 radical (unpaired) electrons. The molecule has 22 heavy (non-hydrogen) atoms. The number of likely N-dealkylation sites (tertiary alicyclic amines) is 1. The van der Waals surface area contributed by atoms with E-state index >= 15 is 0 Å². The lowest BCUT2D eigenvalue weighted by atomic mass is 9.97. The van der Waals surface area contributed by atoms with Crippen LogP contribution in [-0.2, 0) is 9.59 Å². The molecule has 0 aromatic carbocycles. The van der Waals surface area contributed by atoms with Gasteiger partial charge in [0, 0.05) is 32.6 Å². The molecule has 1 aliphatic heterocycles. The molecule has 1 saturated heterocycles. The van der Waals surface area contributed by atoms with Crippen LogP contribution in [0.2, 0.25) is 0 Å². The Bertz CT molecular complexity index is 423. The van der Waals surface area contributed by atoms with Crippen LogP contribution in [-0.4, -0.2) is 54.1 Å². The minimum absolute atomic E-state index is 0.0481. The number of nitrogens with one attached hydrogen (secondary N) is 2. The number of aliphatic carboxylic acids is 1. The average Bonchev–Trinajstić information content (AvgIpc) is 3.33. The number of piperidine rings is 1. The Labute approximate surface area is 130 Å². The number of carboxylic acid groups (broad SMARTS) is 1. The number of amides is 3. The maximum atomic E-state index is 12.1. The van der Waals surface area contributed by atoms with E-state index in [1.54, 1.807) is 4.90 Å². The second kappa shape index (κ2) is 8.00. The van der Waals surface area contributed by atoms with E-state index in [-0.39, 0.29) is 24.3 Å². The number of hydrogen-bond acceptors (Lipinski definition) is 3. The first-order valence-electron chi connectivity index (χ1n) is 8.08. The summed E-state index contributed by atoms with van der Waals surface area (Å²) in [5.41, 5.74) is 0. The van der Waals surface area contributed by atoms with Gasteiger partial charge in [-0.1, -0.05) is 0 Å². The molecule has 1 unspecified atom stereocenters. The predicted molar refractivity (Wildman–Crippen MR) is 80.3 cm³/mol. The molecule has 0 bridgehead atoms. The standard InChI is InChI=1S/C15H25N3O4/c19-13(20)4-1-7-16-15(22)18-8-2-3-12(10-18)14(21)17-9-11-5-6-11/h11-12H,1-10H2,(H,16,22)(H,17,21)(H,19,20). The van der Waals surface area contributed by atoms with Crippen molar-refractivity contribution in [1.29, 1.82) is 0 Å². The summed E-state index contributed by atoms with van der Waals surface area (Å²) in [7, 11) is 0. The van der Waals surface area contributed by atoms with E-state index in [4.69, 9.17) is 5.11 Å². The predicted octanol–water partition coefficient (Wildman–Crippen LogP) is 0.799. The fraction of sp³-hybridized carbons (Fsp3) is 0.800. The SMILES string of the molecule is O=C(O)CCCNC(=O)N1CCCC(C(=O)NCC2CC2)C1. The number of carboxylic acids is 1. The molecule has 0 aromatic heterocycles. The Hall–Kier alpha value is -1.79. The van der Waals surface area contributed by atoms with E-state index in [1.807, 2.05) is 0 Å². The van der Waals surface area contributed by atoms with E-state index in [2.05, 4.69) is 10.6 Å². The highest BCUT2D eigenvalue weighted by atomic mass is 16.4. The van der Waals surface area contributed by atoms with Gasteiger partial charge in [-0.15, -0.1) is 0 Å². The summed E-state index contributed by atoms with van der Waals surface area (Å²) >= 11 is 0. The Morgan fingerprint density at radius 2 is 1.91 bits per heavy atom. The van der Waals surface area contributed by atoms with E-state index in [9.17, 15) is 14.4 Å². The molecule has 1 saturated carbocycles. The molecule has 2 fully saturated rings. The highest BCUT2D eigenvalue weighted by Gasteiger charge is 2.29. The third-order valence-corrected chi connectivity index (χ3v) is 4.18. The van der Waals surface area contributed by atoms with Gasteiger partial charge in [0.2, 0.25) is 5.91 Å². The quantitative estimate of drug-likeness (QED) is 0.606. The van der Waals surface area contributed by atoms with Gasteiger partial charge >= 0.3 is 12.0 Å². The summed E-state index contributed by atoms with van der Waals surface area (Å²) in [6.45, 7) is 2.20. The van der Waals surface area contributed by atoms with Crippen molar-refractivity contribution in [2.75, 3.05) is 26.2 Å². The zero-order valence-electron chi connectivity index (χ0n) is 12.8. The first kappa shape index (κ1) is 16.6. The van der Waals surface area contributed by atoms with Gasteiger partial charge in [0.1, 0.15) is 0 Å². The summed E-state index contributed by atoms with van der Waals surface area (Å²) in [5.74, 6) is -0.284. The van der Waals surface area contributed by atoms with Crippen molar-refractivity contribution in [3.63, 3.8) is 0 Å². The molecule has 124 valence electrons. The Morgan fingerprint density at radius 3 is 2.59 bits per heavy atom. The molecule has 1 heterocycles. The number of carbonyl (C=O) groups excluding carboxylic acids is 2. The zero-order chi connectivity index (χ0) is 15.9. The van der Waals surface area contributed by atoms with Crippen LogP contribution in [0.3, 0.4) is 0 Å². The van der Waals surface area contributed by atoms with Crippen LogP contribution in [0.15, 0.2) is 0 Å². The second-order valence-electron chi connectivity index (χ2n) is 6.20.